The summed E-state index contributed by atoms with van der Waals surface area (Å²) in [7, 11) is 0. The molecule has 3 fully saturated rings. The van der Waals surface area contributed by atoms with Gasteiger partial charge in [0.15, 0.2) is 5.78 Å². The van der Waals surface area contributed by atoms with E-state index in [1.165, 1.54) is 29.7 Å². The fourth-order valence-electron chi connectivity index (χ4n) is 7.91. The highest BCUT2D eigenvalue weighted by Gasteiger charge is 2.62. The largest absolute Gasteiger partial charge is 0.390 e. The maximum absolute atomic E-state index is 13.0. The Hall–Kier alpha value is -1.06. The van der Waals surface area contributed by atoms with E-state index >= 15 is 0 Å². The normalized spacial score (nSPS) is 43.2. The molecule has 4 aliphatic rings. The maximum atomic E-state index is 13.0. The summed E-state index contributed by atoms with van der Waals surface area (Å²) < 4.78 is 0. The van der Waals surface area contributed by atoms with Gasteiger partial charge in [-0.05, 0) is 92.6 Å². The maximum Gasteiger partial charge on any atom is 0.159 e. The lowest BCUT2D eigenvalue weighted by atomic mass is 9.46. The number of aliphatic hydroxyl groups is 1. The van der Waals surface area contributed by atoms with Crippen molar-refractivity contribution in [1.29, 1.82) is 0 Å². The molecule has 162 valence electrons. The van der Waals surface area contributed by atoms with Crippen LogP contribution >= 0.6 is 11.8 Å². The summed E-state index contributed by atoms with van der Waals surface area (Å²) in [4.78, 5) is 14.2. The van der Waals surface area contributed by atoms with Gasteiger partial charge >= 0.3 is 0 Å². The Labute approximate surface area is 185 Å². The summed E-state index contributed by atoms with van der Waals surface area (Å²) in [6.07, 6.45) is 8.51. The van der Waals surface area contributed by atoms with Crippen LogP contribution in [0, 0.1) is 28.6 Å². The molecule has 6 atom stereocenters. The van der Waals surface area contributed by atoms with Gasteiger partial charge in [-0.15, -0.1) is 11.8 Å². The molecule has 0 unspecified atom stereocenters. The Balaban J connectivity index is 1.44. The van der Waals surface area contributed by atoms with Crippen LogP contribution in [0.5, 0.6) is 0 Å². The summed E-state index contributed by atoms with van der Waals surface area (Å²) >= 11 is 1.82. The van der Waals surface area contributed by atoms with Crippen molar-refractivity contribution in [2.45, 2.75) is 82.6 Å². The third-order valence-electron chi connectivity index (χ3n) is 9.93. The van der Waals surface area contributed by atoms with Crippen LogP contribution in [-0.4, -0.2) is 22.2 Å². The zero-order chi connectivity index (χ0) is 21.1. The molecule has 0 saturated heterocycles. The number of Topliss-reactive ketones (excluding diaryl/α,β-unsaturated/α-hetero) is 1. The highest BCUT2D eigenvalue weighted by atomic mass is 32.2. The molecule has 0 radical (unpaired) electrons. The topological polar surface area (TPSA) is 37.3 Å². The van der Waals surface area contributed by atoms with Crippen LogP contribution in [0.25, 0.3) is 0 Å². The molecule has 1 aromatic rings. The zero-order valence-electron chi connectivity index (χ0n) is 18.7. The third kappa shape index (κ3) is 2.98. The molecule has 0 bridgehead atoms. The molecule has 1 aromatic carbocycles. The number of carbonyl (C=O) groups is 1. The minimum atomic E-state index is -0.514. The van der Waals surface area contributed by atoms with Crippen molar-refractivity contribution in [2.75, 3.05) is 5.75 Å². The number of rotatable bonds is 3. The molecule has 30 heavy (non-hydrogen) atoms. The van der Waals surface area contributed by atoms with Gasteiger partial charge in [-0.1, -0.05) is 37.6 Å². The minimum absolute atomic E-state index is 0.0716. The van der Waals surface area contributed by atoms with E-state index in [0.29, 0.717) is 30.0 Å². The van der Waals surface area contributed by atoms with Gasteiger partial charge in [0, 0.05) is 22.6 Å². The van der Waals surface area contributed by atoms with Gasteiger partial charge in [0.25, 0.3) is 0 Å². The van der Waals surface area contributed by atoms with Crippen LogP contribution < -0.4 is 0 Å². The molecule has 0 heterocycles. The first-order valence-electron chi connectivity index (χ1n) is 11.9. The monoisotopic (exact) mass is 424 g/mol. The Morgan fingerprint density at radius 1 is 0.967 bits per heavy atom. The molecular formula is C27H36O2S. The SMILES string of the molecule is C[C@]12CCC(=O)C(CSc3ccccc3)=C1CC[C@@H]1[C@H]2CC[C@@]2(C)[C@@H]1CC[C@]2(C)O. The lowest BCUT2D eigenvalue weighted by Crippen LogP contribution is -2.54. The fraction of sp³-hybridized carbons (Fsp3) is 0.667. The van der Waals surface area contributed by atoms with Crippen LogP contribution in [0.3, 0.4) is 0 Å². The van der Waals surface area contributed by atoms with Crippen molar-refractivity contribution in [1.82, 2.24) is 0 Å². The van der Waals surface area contributed by atoms with Crippen LogP contribution in [0.15, 0.2) is 46.4 Å². The summed E-state index contributed by atoms with van der Waals surface area (Å²) in [5, 5.41) is 11.1. The second-order valence-corrected chi connectivity index (χ2v) is 12.1. The Bertz CT molecular complexity index is 872. The van der Waals surface area contributed by atoms with Gasteiger partial charge < -0.3 is 5.11 Å². The molecule has 2 nitrogen and oxygen atoms in total. The van der Waals surface area contributed by atoms with E-state index in [1.807, 2.05) is 17.8 Å². The summed E-state index contributed by atoms with van der Waals surface area (Å²) in [5.74, 6) is 3.25. The van der Waals surface area contributed by atoms with Crippen molar-refractivity contribution in [2.24, 2.45) is 28.6 Å². The first-order chi connectivity index (χ1) is 14.3. The average Bonchev–Trinajstić information content (AvgIpc) is 2.98. The quantitative estimate of drug-likeness (QED) is 0.568. The molecule has 0 aliphatic heterocycles. The molecule has 4 aliphatic carbocycles. The van der Waals surface area contributed by atoms with E-state index < -0.39 is 5.60 Å². The smallest absolute Gasteiger partial charge is 0.159 e. The predicted molar refractivity (Wildman–Crippen MR) is 123 cm³/mol. The van der Waals surface area contributed by atoms with Crippen molar-refractivity contribution < 1.29 is 9.90 Å². The number of benzene rings is 1. The first kappa shape index (κ1) is 20.8. The molecule has 1 N–H and O–H groups in total. The molecule has 5 rings (SSSR count). The first-order valence-corrected chi connectivity index (χ1v) is 12.9. The molecule has 3 saturated carbocycles. The highest BCUT2D eigenvalue weighted by molar-refractivity contribution is 7.99. The van der Waals surface area contributed by atoms with E-state index in [2.05, 4.69) is 45.0 Å². The molecule has 3 heteroatoms. The molecule has 0 amide bonds. The molecule has 0 aromatic heterocycles. The summed E-state index contributed by atoms with van der Waals surface area (Å²) in [5.41, 5.74) is 2.38. The van der Waals surface area contributed by atoms with Crippen molar-refractivity contribution in [3.8, 4) is 0 Å². The number of carbonyl (C=O) groups excluding carboxylic acids is 1. The summed E-state index contributed by atoms with van der Waals surface area (Å²) in [6.45, 7) is 6.93. The van der Waals surface area contributed by atoms with Gasteiger partial charge in [-0.3, -0.25) is 4.79 Å². The highest BCUT2D eigenvalue weighted by Crippen LogP contribution is 2.67. The zero-order valence-corrected chi connectivity index (χ0v) is 19.6. The van der Waals surface area contributed by atoms with E-state index in [1.54, 1.807) is 0 Å². The van der Waals surface area contributed by atoms with E-state index in [-0.39, 0.29) is 10.8 Å². The van der Waals surface area contributed by atoms with Crippen molar-refractivity contribution in [3.05, 3.63) is 41.5 Å². The Kier molecular flexibility index (Phi) is 5.02. The lowest BCUT2D eigenvalue weighted by molar-refractivity contribution is -0.125. The minimum Gasteiger partial charge on any atom is -0.390 e. The van der Waals surface area contributed by atoms with Crippen molar-refractivity contribution in [3.63, 3.8) is 0 Å². The predicted octanol–water partition coefficient (Wildman–Crippen LogP) is 6.43. The van der Waals surface area contributed by atoms with Gasteiger partial charge in [-0.2, -0.15) is 0 Å². The van der Waals surface area contributed by atoms with E-state index in [4.69, 9.17) is 0 Å². The number of fused-ring (bicyclic) bond motifs is 5. The standard InChI is InChI=1S/C27H36O2S/c1-25-14-13-24(28)20(17-30-18-7-5-4-6-8-18)21(25)10-9-19-22(25)11-15-26(2)23(19)12-16-27(26,3)29/h4-8,19,22-23,29H,9-17H2,1-3H3/t19-,22-,23-,25+,26+,27+/m1/s1. The van der Waals surface area contributed by atoms with Gasteiger partial charge in [0.1, 0.15) is 0 Å². The summed E-state index contributed by atoms with van der Waals surface area (Å²) in [6, 6.07) is 10.5. The Morgan fingerprint density at radius 2 is 1.70 bits per heavy atom. The number of allylic oxidation sites excluding steroid dienone is 1. The third-order valence-corrected chi connectivity index (χ3v) is 11.0. The lowest BCUT2D eigenvalue weighted by Gasteiger charge is -2.59. The second-order valence-electron chi connectivity index (χ2n) is 11.1. The van der Waals surface area contributed by atoms with Crippen LogP contribution in [0.4, 0.5) is 0 Å². The fourth-order valence-corrected chi connectivity index (χ4v) is 8.90. The average molecular weight is 425 g/mol. The molecular weight excluding hydrogens is 388 g/mol. The molecule has 0 spiro atoms. The van der Waals surface area contributed by atoms with Crippen molar-refractivity contribution >= 4 is 17.5 Å². The number of hydrogen-bond donors (Lipinski definition) is 1. The van der Waals surface area contributed by atoms with Crippen LogP contribution in [0.2, 0.25) is 0 Å². The number of hydrogen-bond acceptors (Lipinski definition) is 3. The van der Waals surface area contributed by atoms with E-state index in [0.717, 1.165) is 37.0 Å². The van der Waals surface area contributed by atoms with Crippen LogP contribution in [-0.2, 0) is 4.79 Å². The number of ketones is 1. The van der Waals surface area contributed by atoms with Crippen LogP contribution in [0.1, 0.15) is 72.1 Å². The van der Waals surface area contributed by atoms with E-state index in [9.17, 15) is 9.90 Å². The Morgan fingerprint density at radius 3 is 2.47 bits per heavy atom. The second kappa shape index (κ2) is 7.24. The van der Waals surface area contributed by atoms with Gasteiger partial charge in [0.2, 0.25) is 0 Å². The van der Waals surface area contributed by atoms with Gasteiger partial charge in [-0.25, -0.2) is 0 Å². The van der Waals surface area contributed by atoms with Gasteiger partial charge in [0.05, 0.1) is 5.60 Å². The number of thioether (sulfide) groups is 1.